The Kier molecular flexibility index (Phi) is 3.19. The zero-order chi connectivity index (χ0) is 14.9. The average Bonchev–Trinajstić information content (AvgIpc) is 3.19. The first-order chi connectivity index (χ1) is 10.8. The number of fused-ring (bicyclic) bond motifs is 1. The molecule has 0 aromatic heterocycles. The summed E-state index contributed by atoms with van der Waals surface area (Å²) in [5, 5.41) is 13.9. The van der Waals surface area contributed by atoms with Crippen LogP contribution in [0.2, 0.25) is 0 Å². The summed E-state index contributed by atoms with van der Waals surface area (Å²) in [5.74, 6) is 1.99. The third-order valence-electron chi connectivity index (χ3n) is 3.56. The highest BCUT2D eigenvalue weighted by molar-refractivity contribution is 6.62. The van der Waals surface area contributed by atoms with Crippen molar-refractivity contribution in [3.8, 4) is 11.5 Å². The molecule has 2 aromatic rings. The molecule has 2 aromatic carbocycles. The minimum absolute atomic E-state index is 0.401. The van der Waals surface area contributed by atoms with Gasteiger partial charge >= 0.3 is 7.12 Å². The predicted octanol–water partition coefficient (Wildman–Crippen LogP) is -0.0294. The van der Waals surface area contributed by atoms with Gasteiger partial charge in [-0.3, -0.25) is 5.43 Å². The monoisotopic (exact) mass is 296 g/mol. The van der Waals surface area contributed by atoms with E-state index in [2.05, 4.69) is 21.6 Å². The highest BCUT2D eigenvalue weighted by Crippen LogP contribution is 2.24. The van der Waals surface area contributed by atoms with E-state index in [1.807, 2.05) is 42.5 Å². The maximum absolute atomic E-state index is 9.89. The van der Waals surface area contributed by atoms with Gasteiger partial charge in [0.2, 0.25) is 0 Å². The zero-order valence-electron chi connectivity index (χ0n) is 11.5. The molecule has 0 fully saturated rings. The maximum Gasteiger partial charge on any atom is 0.495 e. The topological polar surface area (TPSA) is 87.1 Å². The Hall–Kier alpha value is -2.55. The summed E-state index contributed by atoms with van der Waals surface area (Å²) in [4.78, 5) is 0. The van der Waals surface area contributed by atoms with Crippen LogP contribution in [0.4, 0.5) is 0 Å². The van der Waals surface area contributed by atoms with Crippen molar-refractivity contribution < 1.29 is 14.4 Å². The van der Waals surface area contributed by atoms with E-state index in [1.54, 1.807) is 0 Å². The van der Waals surface area contributed by atoms with Crippen LogP contribution < -0.4 is 26.7 Å². The van der Waals surface area contributed by atoms with Crippen LogP contribution in [0, 0.1) is 0 Å². The molecular weight excluding hydrogens is 283 g/mol. The molecule has 2 aliphatic heterocycles. The van der Waals surface area contributed by atoms with Crippen LogP contribution in [-0.4, -0.2) is 18.0 Å². The Bertz CT molecular complexity index is 735. The summed E-state index contributed by atoms with van der Waals surface area (Å²) in [5.41, 5.74) is 10.7. The third-order valence-corrected chi connectivity index (χ3v) is 3.56. The Morgan fingerprint density at radius 3 is 2.82 bits per heavy atom. The van der Waals surface area contributed by atoms with Crippen molar-refractivity contribution in [1.29, 1.82) is 0 Å². The second-order valence-corrected chi connectivity index (χ2v) is 4.94. The van der Waals surface area contributed by atoms with E-state index in [9.17, 15) is 5.02 Å². The van der Waals surface area contributed by atoms with E-state index in [0.717, 1.165) is 11.1 Å². The quantitative estimate of drug-likeness (QED) is 0.595. The van der Waals surface area contributed by atoms with Crippen molar-refractivity contribution in [2.24, 2.45) is 5.10 Å². The number of nitrogens with zero attached hydrogens (tertiary/aromatic N) is 1. The van der Waals surface area contributed by atoms with Crippen molar-refractivity contribution in [3.05, 3.63) is 53.6 Å². The fourth-order valence-electron chi connectivity index (χ4n) is 2.48. The summed E-state index contributed by atoms with van der Waals surface area (Å²) in [6.45, 7) is 0.401. The smallest absolute Gasteiger partial charge is 0.458 e. The van der Waals surface area contributed by atoms with E-state index in [1.165, 1.54) is 0 Å². The van der Waals surface area contributed by atoms with E-state index < -0.39 is 7.12 Å². The van der Waals surface area contributed by atoms with E-state index in [4.69, 9.17) is 9.39 Å². The Morgan fingerprint density at radius 1 is 1.18 bits per heavy atom. The largest absolute Gasteiger partial charge is 0.495 e. The van der Waals surface area contributed by atoms with Gasteiger partial charge in [-0.1, -0.05) is 12.1 Å². The number of hydrogen-bond donors (Lipinski definition) is 4. The molecule has 0 amide bonds. The number of rotatable bonds is 3. The maximum atomic E-state index is 9.89. The van der Waals surface area contributed by atoms with Gasteiger partial charge in [-0.25, -0.2) is 5.53 Å². The second-order valence-electron chi connectivity index (χ2n) is 4.94. The van der Waals surface area contributed by atoms with Gasteiger partial charge in [-0.15, -0.1) is 10.6 Å². The lowest BCUT2D eigenvalue weighted by Crippen LogP contribution is -2.35. The van der Waals surface area contributed by atoms with Gasteiger partial charge in [0.25, 0.3) is 0 Å². The number of amidine groups is 1. The molecule has 8 heteroatoms. The molecule has 0 radical (unpaired) electrons. The van der Waals surface area contributed by atoms with Gasteiger partial charge in [0.15, 0.2) is 5.84 Å². The zero-order valence-corrected chi connectivity index (χ0v) is 11.5. The van der Waals surface area contributed by atoms with Crippen molar-refractivity contribution in [2.75, 3.05) is 0 Å². The number of hydrazine groups is 2. The standard InChI is InChI=1S/C14H13BN4O3/c20-15-13-10(8-21-15)2-1-3-12(13)22-11-6-4-9(5-7-11)14-16-18-19-17-14/h1-7,18-20H,8H2,(H,16,17). The molecule has 0 saturated heterocycles. The highest BCUT2D eigenvalue weighted by atomic mass is 16.5. The first-order valence-corrected chi connectivity index (χ1v) is 6.85. The Labute approximate surface area is 127 Å². The van der Waals surface area contributed by atoms with Crippen LogP contribution in [0.1, 0.15) is 11.1 Å². The van der Waals surface area contributed by atoms with Crippen molar-refractivity contribution in [1.82, 2.24) is 16.5 Å². The molecular formula is C14H13BN4O3. The first-order valence-electron chi connectivity index (χ1n) is 6.85. The average molecular weight is 296 g/mol. The molecule has 0 saturated carbocycles. The van der Waals surface area contributed by atoms with Gasteiger partial charge < -0.3 is 14.4 Å². The van der Waals surface area contributed by atoms with Gasteiger partial charge in [0.05, 0.1) is 6.61 Å². The Balaban J connectivity index is 1.58. The summed E-state index contributed by atoms with van der Waals surface area (Å²) in [7, 11) is -0.931. The lowest BCUT2D eigenvalue weighted by molar-refractivity contribution is 0.275. The molecule has 0 unspecified atom stereocenters. The van der Waals surface area contributed by atoms with Gasteiger partial charge in [-0.05, 0) is 35.9 Å². The normalized spacial score (nSPS) is 15.9. The minimum atomic E-state index is -0.931. The molecule has 4 N–H and O–H groups in total. The van der Waals surface area contributed by atoms with Gasteiger partial charge in [-0.2, -0.15) is 0 Å². The van der Waals surface area contributed by atoms with E-state index >= 15 is 0 Å². The molecule has 7 nitrogen and oxygen atoms in total. The SMILES string of the molecule is OB1OCc2cccc(Oc3ccc(C4=NNNN4)cc3)c21. The molecule has 0 aliphatic carbocycles. The molecule has 0 bridgehead atoms. The van der Waals surface area contributed by atoms with Crippen LogP contribution >= 0.6 is 0 Å². The van der Waals surface area contributed by atoms with Crippen LogP contribution in [0.15, 0.2) is 47.6 Å². The van der Waals surface area contributed by atoms with Crippen LogP contribution in [-0.2, 0) is 11.3 Å². The van der Waals surface area contributed by atoms with Gasteiger partial charge in [0.1, 0.15) is 11.5 Å². The number of nitrogens with one attached hydrogen (secondary N) is 3. The van der Waals surface area contributed by atoms with Crippen molar-refractivity contribution in [3.63, 3.8) is 0 Å². The molecule has 2 heterocycles. The van der Waals surface area contributed by atoms with Crippen LogP contribution in [0.5, 0.6) is 11.5 Å². The Morgan fingerprint density at radius 2 is 2.05 bits per heavy atom. The molecule has 0 spiro atoms. The number of hydrazone groups is 1. The van der Waals surface area contributed by atoms with E-state index in [0.29, 0.717) is 29.4 Å². The first kappa shape index (κ1) is 13.1. The fraction of sp³-hybridized carbons (Fsp3) is 0.0714. The molecule has 22 heavy (non-hydrogen) atoms. The fourth-order valence-corrected chi connectivity index (χ4v) is 2.48. The number of ether oxygens (including phenoxy) is 1. The lowest BCUT2D eigenvalue weighted by atomic mass is 9.79. The predicted molar refractivity (Wildman–Crippen MR) is 81.3 cm³/mol. The summed E-state index contributed by atoms with van der Waals surface area (Å²) in [6.07, 6.45) is 0. The number of benzene rings is 2. The lowest BCUT2D eigenvalue weighted by Gasteiger charge is -2.10. The molecule has 110 valence electrons. The van der Waals surface area contributed by atoms with Crippen LogP contribution in [0.25, 0.3) is 0 Å². The van der Waals surface area contributed by atoms with E-state index in [-0.39, 0.29) is 0 Å². The van der Waals surface area contributed by atoms with Crippen molar-refractivity contribution in [2.45, 2.75) is 6.61 Å². The summed E-state index contributed by atoms with van der Waals surface area (Å²) >= 11 is 0. The molecule has 0 atom stereocenters. The van der Waals surface area contributed by atoms with Crippen LogP contribution in [0.3, 0.4) is 0 Å². The third kappa shape index (κ3) is 2.29. The highest BCUT2D eigenvalue weighted by Gasteiger charge is 2.31. The van der Waals surface area contributed by atoms with Gasteiger partial charge in [0, 0.05) is 11.0 Å². The summed E-state index contributed by atoms with van der Waals surface area (Å²) in [6, 6.07) is 13.1. The molecule has 2 aliphatic rings. The van der Waals surface area contributed by atoms with Crippen molar-refractivity contribution >= 4 is 18.4 Å². The number of hydrogen-bond acceptors (Lipinski definition) is 7. The molecule has 4 rings (SSSR count). The minimum Gasteiger partial charge on any atom is -0.458 e. The summed E-state index contributed by atoms with van der Waals surface area (Å²) < 4.78 is 11.1. The second kappa shape index (κ2) is 5.34.